The van der Waals surface area contributed by atoms with E-state index in [4.69, 9.17) is 28.8 Å². The van der Waals surface area contributed by atoms with Crippen LogP contribution >= 0.6 is 0 Å². The summed E-state index contributed by atoms with van der Waals surface area (Å²) in [5.41, 5.74) is -0.723. The first kappa shape index (κ1) is 27.3. The Hall–Kier alpha value is -1.95. The number of methoxy groups -OCH3 is 1. The molecular weight excluding hydrogens is 436 g/mol. The van der Waals surface area contributed by atoms with Gasteiger partial charge in [-0.15, -0.1) is 0 Å². The van der Waals surface area contributed by atoms with Crippen molar-refractivity contribution >= 4 is 18.0 Å². The Bertz CT molecular complexity index is 706. The second-order valence-electron chi connectivity index (χ2n) is 9.93. The average Bonchev–Trinajstić information content (AvgIpc) is 2.96. The summed E-state index contributed by atoms with van der Waals surface area (Å²) in [5.74, 6) is -2.40. The summed E-state index contributed by atoms with van der Waals surface area (Å²) < 4.78 is 29.1. The molecule has 2 saturated heterocycles. The van der Waals surface area contributed by atoms with E-state index in [0.29, 0.717) is 6.42 Å². The molecule has 2 rings (SSSR count). The molecule has 0 spiro atoms. The molecule has 1 unspecified atom stereocenters. The van der Waals surface area contributed by atoms with Crippen LogP contribution in [-0.4, -0.2) is 78.8 Å². The monoisotopic (exact) mass is 474 g/mol. The van der Waals surface area contributed by atoms with Crippen LogP contribution in [0.5, 0.6) is 0 Å². The number of aliphatic carboxylic acids is 1. The first-order valence-corrected chi connectivity index (χ1v) is 11.2. The molecule has 2 heterocycles. The molecule has 11 nitrogen and oxygen atoms in total. The van der Waals surface area contributed by atoms with E-state index in [1.807, 2.05) is 6.92 Å². The molecule has 0 aliphatic carbocycles. The van der Waals surface area contributed by atoms with E-state index in [-0.39, 0.29) is 31.2 Å². The summed E-state index contributed by atoms with van der Waals surface area (Å²) >= 11 is 0. The van der Waals surface area contributed by atoms with Crippen LogP contribution in [0.4, 0.5) is 4.79 Å². The Morgan fingerprint density at radius 1 is 1.18 bits per heavy atom. The van der Waals surface area contributed by atoms with Crippen LogP contribution in [0.25, 0.3) is 0 Å². The lowest BCUT2D eigenvalue weighted by molar-refractivity contribution is -0.243. The molecule has 0 aromatic rings. The molecule has 190 valence electrons. The number of hydrogen-bond donors (Lipinski definition) is 3. The number of ether oxygens (including phenoxy) is 5. The molecule has 6 atom stereocenters. The lowest BCUT2D eigenvalue weighted by Gasteiger charge is -2.43. The molecule has 2 fully saturated rings. The van der Waals surface area contributed by atoms with Gasteiger partial charge in [0.25, 0.3) is 0 Å². The number of fused-ring (bicyclic) bond motifs is 1. The van der Waals surface area contributed by atoms with Crippen LogP contribution in [0.15, 0.2) is 0 Å². The highest BCUT2D eigenvalue weighted by Crippen LogP contribution is 2.40. The van der Waals surface area contributed by atoms with Crippen LogP contribution < -0.4 is 10.6 Å². The van der Waals surface area contributed by atoms with Crippen LogP contribution in [-0.2, 0) is 33.3 Å². The lowest BCUT2D eigenvalue weighted by Crippen LogP contribution is -2.60. The smallest absolute Gasteiger partial charge is 0.407 e. The van der Waals surface area contributed by atoms with Crippen molar-refractivity contribution in [2.75, 3.05) is 13.7 Å². The molecule has 2 aliphatic heterocycles. The van der Waals surface area contributed by atoms with E-state index in [9.17, 15) is 14.4 Å². The molecular formula is C22H38N2O9. The van der Waals surface area contributed by atoms with Crippen LogP contribution in [0, 0.1) is 5.92 Å². The number of hydrogen-bond acceptors (Lipinski definition) is 8. The first-order chi connectivity index (χ1) is 15.2. The number of carbonyl (C=O) groups excluding carboxylic acids is 2. The van der Waals surface area contributed by atoms with Gasteiger partial charge in [-0.2, -0.15) is 0 Å². The van der Waals surface area contributed by atoms with Crippen molar-refractivity contribution < 1.29 is 43.2 Å². The Morgan fingerprint density at radius 2 is 1.85 bits per heavy atom. The number of nitrogens with one attached hydrogen (secondary N) is 2. The molecule has 0 aromatic heterocycles. The van der Waals surface area contributed by atoms with Crippen LogP contribution in [0.3, 0.4) is 0 Å². The van der Waals surface area contributed by atoms with Crippen molar-refractivity contribution in [3.8, 4) is 0 Å². The minimum atomic E-state index is -0.931. The van der Waals surface area contributed by atoms with Gasteiger partial charge in [0.05, 0.1) is 18.2 Å². The average molecular weight is 475 g/mol. The molecule has 3 N–H and O–H groups in total. The Morgan fingerprint density at radius 3 is 2.42 bits per heavy atom. The number of alkyl carbamates (subject to hydrolysis) is 1. The second-order valence-corrected chi connectivity index (χ2v) is 9.93. The molecule has 2 amide bonds. The number of carboxylic acid groups (broad SMARTS) is 1. The zero-order valence-electron chi connectivity index (χ0n) is 20.5. The predicted octanol–water partition coefficient (Wildman–Crippen LogP) is 1.78. The molecule has 0 radical (unpaired) electrons. The van der Waals surface area contributed by atoms with Crippen molar-refractivity contribution in [3.05, 3.63) is 0 Å². The van der Waals surface area contributed by atoms with Crippen molar-refractivity contribution in [3.63, 3.8) is 0 Å². The van der Waals surface area contributed by atoms with Crippen LogP contribution in [0.1, 0.15) is 60.8 Å². The van der Waals surface area contributed by atoms with Gasteiger partial charge in [-0.1, -0.05) is 6.92 Å². The van der Waals surface area contributed by atoms with E-state index < -0.39 is 54.1 Å². The zero-order valence-corrected chi connectivity index (χ0v) is 20.5. The highest BCUT2D eigenvalue weighted by Gasteiger charge is 2.55. The Kier molecular flexibility index (Phi) is 9.09. The molecule has 2 aliphatic rings. The standard InChI is InChI=1S/C22H38N2O9/c1-12-16(30-19-18(17(12)29-7)31-22(5,6)32-19)13(24-20(28)33-21(2,3)4)11-14(25)23-10-8-9-15(26)27/h12-13,16-19H,8-11H2,1-7H3,(H,23,25)(H,24,28)(H,26,27)/t12-,13+,16?,17+,18-,19-/m1/s1. The zero-order chi connectivity index (χ0) is 25.0. The fourth-order valence-corrected chi connectivity index (χ4v) is 4.11. The Labute approximate surface area is 194 Å². The summed E-state index contributed by atoms with van der Waals surface area (Å²) in [5, 5.41) is 14.2. The Balaban J connectivity index is 2.16. The van der Waals surface area contributed by atoms with Gasteiger partial charge in [-0.25, -0.2) is 4.79 Å². The van der Waals surface area contributed by atoms with E-state index in [1.54, 1.807) is 41.7 Å². The van der Waals surface area contributed by atoms with Crippen molar-refractivity contribution in [2.24, 2.45) is 5.92 Å². The van der Waals surface area contributed by atoms with Gasteiger partial charge >= 0.3 is 12.1 Å². The van der Waals surface area contributed by atoms with Gasteiger partial charge in [-0.3, -0.25) is 9.59 Å². The van der Waals surface area contributed by atoms with Crippen molar-refractivity contribution in [1.82, 2.24) is 10.6 Å². The topological polar surface area (TPSA) is 142 Å². The third kappa shape index (κ3) is 8.09. The maximum Gasteiger partial charge on any atom is 0.407 e. The highest BCUT2D eigenvalue weighted by atomic mass is 16.8. The fourth-order valence-electron chi connectivity index (χ4n) is 4.11. The van der Waals surface area contributed by atoms with Gasteiger partial charge in [0.1, 0.15) is 11.7 Å². The maximum absolute atomic E-state index is 12.6. The summed E-state index contributed by atoms with van der Waals surface area (Å²) in [6.45, 7) is 10.9. The molecule has 0 saturated carbocycles. The van der Waals surface area contributed by atoms with Gasteiger partial charge in [0.2, 0.25) is 5.91 Å². The van der Waals surface area contributed by atoms with E-state index in [2.05, 4.69) is 10.6 Å². The number of rotatable bonds is 9. The van der Waals surface area contributed by atoms with Crippen molar-refractivity contribution in [2.45, 2.75) is 103 Å². The molecule has 11 heteroatoms. The third-order valence-electron chi connectivity index (χ3n) is 5.41. The fraction of sp³-hybridized carbons (Fsp3) is 0.864. The molecule has 33 heavy (non-hydrogen) atoms. The largest absolute Gasteiger partial charge is 0.481 e. The van der Waals surface area contributed by atoms with Gasteiger partial charge < -0.3 is 39.4 Å². The lowest BCUT2D eigenvalue weighted by atomic mass is 9.85. The number of carboxylic acids is 1. The molecule has 0 aromatic carbocycles. The van der Waals surface area contributed by atoms with Gasteiger partial charge in [-0.05, 0) is 41.0 Å². The quantitative estimate of drug-likeness (QED) is 0.426. The first-order valence-electron chi connectivity index (χ1n) is 11.2. The van der Waals surface area contributed by atoms with Crippen LogP contribution in [0.2, 0.25) is 0 Å². The minimum absolute atomic E-state index is 0.0473. The van der Waals surface area contributed by atoms with E-state index in [1.165, 1.54) is 0 Å². The highest BCUT2D eigenvalue weighted by molar-refractivity contribution is 5.78. The van der Waals surface area contributed by atoms with E-state index in [0.717, 1.165) is 0 Å². The third-order valence-corrected chi connectivity index (χ3v) is 5.41. The van der Waals surface area contributed by atoms with Crippen molar-refractivity contribution in [1.29, 1.82) is 0 Å². The maximum atomic E-state index is 12.6. The van der Waals surface area contributed by atoms with Gasteiger partial charge in [0.15, 0.2) is 12.1 Å². The molecule has 0 bridgehead atoms. The normalized spacial score (nSPS) is 29.6. The summed E-state index contributed by atoms with van der Waals surface area (Å²) in [4.78, 5) is 35.8. The minimum Gasteiger partial charge on any atom is -0.481 e. The summed E-state index contributed by atoms with van der Waals surface area (Å²) in [6, 6.07) is -0.750. The summed E-state index contributed by atoms with van der Waals surface area (Å²) in [6.07, 6.45) is -2.73. The van der Waals surface area contributed by atoms with Gasteiger partial charge in [0, 0.05) is 32.4 Å². The number of amides is 2. The SMILES string of the molecule is CO[C@@H]1[C@H]2OC(C)(C)O[C@H]2OC([C@H](CC(=O)NCCCC(=O)O)NC(=O)OC(C)(C)C)[C@H]1C. The predicted molar refractivity (Wildman–Crippen MR) is 116 cm³/mol. The second kappa shape index (κ2) is 11.0. The summed E-state index contributed by atoms with van der Waals surface area (Å²) in [7, 11) is 1.57. The van der Waals surface area contributed by atoms with E-state index >= 15 is 0 Å². The number of carbonyl (C=O) groups is 3.